The fourth-order valence-electron chi connectivity index (χ4n) is 2.33. The van der Waals surface area contributed by atoms with Crippen LogP contribution in [0, 0.1) is 10.1 Å². The normalized spacial score (nSPS) is 17.1. The van der Waals surface area contributed by atoms with Gasteiger partial charge < -0.3 is 15.5 Å². The van der Waals surface area contributed by atoms with Crippen LogP contribution in [-0.4, -0.2) is 53.9 Å². The predicted octanol–water partition coefficient (Wildman–Crippen LogP) is 1.06. The maximum absolute atomic E-state index is 12.4. The van der Waals surface area contributed by atoms with E-state index in [1.54, 1.807) is 24.0 Å². The first kappa shape index (κ1) is 16.0. The van der Waals surface area contributed by atoms with Crippen molar-refractivity contribution < 1.29 is 9.72 Å². The molecule has 1 aromatic rings. The van der Waals surface area contributed by atoms with Crippen LogP contribution in [0.5, 0.6) is 0 Å². The lowest BCUT2D eigenvalue weighted by atomic mass is 10.0. The molecule has 0 unspecified atom stereocenters. The first-order valence-corrected chi connectivity index (χ1v) is 7.09. The van der Waals surface area contributed by atoms with Gasteiger partial charge in [0.15, 0.2) is 0 Å². The van der Waals surface area contributed by atoms with Crippen LogP contribution >= 0.6 is 0 Å². The molecule has 2 N–H and O–H groups in total. The largest absolute Gasteiger partial charge is 0.394 e. The average molecular weight is 304 g/mol. The molecule has 1 aromatic carbocycles. The number of nitro benzene ring substituents is 1. The van der Waals surface area contributed by atoms with Gasteiger partial charge in [0.2, 0.25) is 0 Å². The smallest absolute Gasteiger partial charge is 0.270 e. The second-order valence-electron chi connectivity index (χ2n) is 5.44. The number of benzene rings is 1. The molecule has 2 rings (SSSR count). The molecule has 7 nitrogen and oxygen atoms in total. The van der Waals surface area contributed by atoms with Gasteiger partial charge in [0.05, 0.1) is 4.92 Å². The number of carbonyl (C=O) groups is 1. The van der Waals surface area contributed by atoms with E-state index in [2.05, 4.69) is 4.90 Å². The monoisotopic (exact) mass is 304 g/mol. The van der Waals surface area contributed by atoms with E-state index < -0.39 is 4.92 Å². The molecule has 0 aromatic heterocycles. The zero-order valence-corrected chi connectivity index (χ0v) is 12.8. The summed E-state index contributed by atoms with van der Waals surface area (Å²) >= 11 is 0. The van der Waals surface area contributed by atoms with E-state index in [9.17, 15) is 14.9 Å². The number of nitrogens with two attached hydrogens (primary N) is 1. The Balaban J connectivity index is 2.17. The maximum Gasteiger partial charge on any atom is 0.270 e. The van der Waals surface area contributed by atoms with Gasteiger partial charge in [-0.3, -0.25) is 14.9 Å². The van der Waals surface area contributed by atoms with Gasteiger partial charge in [-0.1, -0.05) is 0 Å². The Bertz CT molecular complexity index is 602. The number of rotatable bonds is 3. The third-order valence-corrected chi connectivity index (χ3v) is 3.94. The van der Waals surface area contributed by atoms with Crippen molar-refractivity contribution >= 4 is 17.2 Å². The van der Waals surface area contributed by atoms with Gasteiger partial charge in [0, 0.05) is 38.3 Å². The minimum Gasteiger partial charge on any atom is -0.394 e. The Morgan fingerprint density at radius 1 is 1.18 bits per heavy atom. The van der Waals surface area contributed by atoms with Gasteiger partial charge in [0.25, 0.3) is 11.6 Å². The maximum atomic E-state index is 12.4. The van der Waals surface area contributed by atoms with Crippen LogP contribution < -0.4 is 5.73 Å². The Hall–Kier alpha value is -2.41. The summed E-state index contributed by atoms with van der Waals surface area (Å²) in [5, 5.41) is 10.7. The van der Waals surface area contributed by atoms with Crippen molar-refractivity contribution in [1.82, 2.24) is 9.80 Å². The fraction of sp³-hybridized carbons (Fsp3) is 0.400. The molecular formula is C15H20N4O3. The highest BCUT2D eigenvalue weighted by Gasteiger charge is 2.22. The Labute approximate surface area is 129 Å². The van der Waals surface area contributed by atoms with Gasteiger partial charge in [-0.05, 0) is 37.2 Å². The molecule has 1 aliphatic heterocycles. The number of hydrogen-bond donors (Lipinski definition) is 1. The minimum atomic E-state index is -0.457. The summed E-state index contributed by atoms with van der Waals surface area (Å²) < 4.78 is 0. The third-order valence-electron chi connectivity index (χ3n) is 3.94. The molecule has 0 bridgehead atoms. The van der Waals surface area contributed by atoms with E-state index in [-0.39, 0.29) is 17.3 Å². The first-order chi connectivity index (χ1) is 10.4. The molecule has 1 fully saturated rings. The highest BCUT2D eigenvalue weighted by atomic mass is 16.6. The number of nitrogens with zero attached hydrogens (tertiary/aromatic N) is 3. The standard InChI is InChI=1S/C15H20N4O3/c1-11(12-3-5-13(6-4-12)19(21)22)14(16)15(20)18-9-7-17(2)8-10-18/h3-6H,7-10,16H2,1-2H3/b14-11+. The van der Waals surface area contributed by atoms with Crippen molar-refractivity contribution in [2.24, 2.45) is 5.73 Å². The number of nitro groups is 1. The van der Waals surface area contributed by atoms with Gasteiger partial charge in [-0.2, -0.15) is 0 Å². The Morgan fingerprint density at radius 3 is 2.23 bits per heavy atom. The fourth-order valence-corrected chi connectivity index (χ4v) is 2.33. The van der Waals surface area contributed by atoms with E-state index >= 15 is 0 Å². The topological polar surface area (TPSA) is 92.7 Å². The van der Waals surface area contributed by atoms with Crippen molar-refractivity contribution in [2.75, 3.05) is 33.2 Å². The summed E-state index contributed by atoms with van der Waals surface area (Å²) in [6.07, 6.45) is 0. The van der Waals surface area contributed by atoms with Crippen molar-refractivity contribution in [1.29, 1.82) is 0 Å². The van der Waals surface area contributed by atoms with Crippen molar-refractivity contribution in [3.63, 3.8) is 0 Å². The lowest BCUT2D eigenvalue weighted by molar-refractivity contribution is -0.384. The van der Waals surface area contributed by atoms with Crippen LogP contribution in [0.2, 0.25) is 0 Å². The molecule has 0 spiro atoms. The number of non-ortho nitro benzene ring substituents is 1. The summed E-state index contributed by atoms with van der Waals surface area (Å²) in [4.78, 5) is 26.5. The second-order valence-corrected chi connectivity index (χ2v) is 5.44. The van der Waals surface area contributed by atoms with Crippen LogP contribution in [0.25, 0.3) is 5.57 Å². The molecule has 0 saturated carbocycles. The quantitative estimate of drug-likeness (QED) is 0.512. The number of piperazine rings is 1. The number of likely N-dealkylation sites (N-methyl/N-ethyl adjacent to an activating group) is 1. The summed E-state index contributed by atoms with van der Waals surface area (Å²) in [5.41, 5.74) is 7.56. The number of carbonyl (C=O) groups excluding carboxylic acids is 1. The summed E-state index contributed by atoms with van der Waals surface area (Å²) in [6.45, 7) is 4.73. The molecule has 0 atom stereocenters. The summed E-state index contributed by atoms with van der Waals surface area (Å²) in [5.74, 6) is -0.177. The molecular weight excluding hydrogens is 284 g/mol. The van der Waals surface area contributed by atoms with E-state index in [1.807, 2.05) is 7.05 Å². The van der Waals surface area contributed by atoms with Crippen LogP contribution in [0.4, 0.5) is 5.69 Å². The third kappa shape index (κ3) is 3.43. The van der Waals surface area contributed by atoms with Crippen LogP contribution in [0.3, 0.4) is 0 Å². The molecule has 1 saturated heterocycles. The number of amides is 1. The molecule has 1 aliphatic rings. The summed E-state index contributed by atoms with van der Waals surface area (Å²) in [6, 6.07) is 6.04. The highest BCUT2D eigenvalue weighted by Crippen LogP contribution is 2.20. The van der Waals surface area contributed by atoms with E-state index in [0.29, 0.717) is 24.2 Å². The van der Waals surface area contributed by atoms with Crippen LogP contribution in [0.1, 0.15) is 12.5 Å². The van der Waals surface area contributed by atoms with Crippen LogP contribution in [0.15, 0.2) is 30.0 Å². The molecule has 0 aliphatic carbocycles. The average Bonchev–Trinajstić information content (AvgIpc) is 2.53. The second kappa shape index (κ2) is 6.57. The van der Waals surface area contributed by atoms with Gasteiger partial charge in [0.1, 0.15) is 5.70 Å². The van der Waals surface area contributed by atoms with Crippen molar-refractivity contribution in [2.45, 2.75) is 6.92 Å². The van der Waals surface area contributed by atoms with Gasteiger partial charge in [-0.25, -0.2) is 0 Å². The molecule has 1 amide bonds. The molecule has 22 heavy (non-hydrogen) atoms. The predicted molar refractivity (Wildman–Crippen MR) is 84.0 cm³/mol. The minimum absolute atomic E-state index is 0.0144. The lowest BCUT2D eigenvalue weighted by Crippen LogP contribution is -2.48. The molecule has 7 heteroatoms. The van der Waals surface area contributed by atoms with E-state index in [0.717, 1.165) is 13.1 Å². The molecule has 0 radical (unpaired) electrons. The van der Waals surface area contributed by atoms with Gasteiger partial charge in [-0.15, -0.1) is 0 Å². The van der Waals surface area contributed by atoms with Gasteiger partial charge >= 0.3 is 0 Å². The van der Waals surface area contributed by atoms with Crippen LogP contribution in [-0.2, 0) is 4.79 Å². The Kier molecular flexibility index (Phi) is 4.77. The lowest BCUT2D eigenvalue weighted by Gasteiger charge is -2.32. The van der Waals surface area contributed by atoms with Crippen molar-refractivity contribution in [3.8, 4) is 0 Å². The van der Waals surface area contributed by atoms with E-state index in [4.69, 9.17) is 5.73 Å². The van der Waals surface area contributed by atoms with Crippen molar-refractivity contribution in [3.05, 3.63) is 45.6 Å². The number of hydrogen-bond acceptors (Lipinski definition) is 5. The number of allylic oxidation sites excluding steroid dienone is 1. The summed E-state index contributed by atoms with van der Waals surface area (Å²) in [7, 11) is 2.02. The highest BCUT2D eigenvalue weighted by molar-refractivity contribution is 6.00. The Morgan fingerprint density at radius 2 is 1.73 bits per heavy atom. The zero-order chi connectivity index (χ0) is 16.3. The molecule has 1 heterocycles. The zero-order valence-electron chi connectivity index (χ0n) is 12.8. The van der Waals surface area contributed by atoms with E-state index in [1.165, 1.54) is 12.1 Å². The SMILES string of the molecule is C/C(=C(\N)C(=O)N1CCN(C)CC1)c1ccc([N+](=O)[O-])cc1. The first-order valence-electron chi connectivity index (χ1n) is 7.09. The molecule has 118 valence electrons.